The Morgan fingerprint density at radius 2 is 1.89 bits per heavy atom. The van der Waals surface area contributed by atoms with Gasteiger partial charge in [-0.1, -0.05) is 12.1 Å². The predicted molar refractivity (Wildman–Crippen MR) is 142 cm³/mol. The summed E-state index contributed by atoms with van der Waals surface area (Å²) in [6.07, 6.45) is 4.83. The summed E-state index contributed by atoms with van der Waals surface area (Å²) in [4.78, 5) is 14.2. The van der Waals surface area contributed by atoms with Crippen molar-refractivity contribution in [1.82, 2.24) is 29.7 Å². The Morgan fingerprint density at radius 1 is 1.06 bits per heavy atom. The molecule has 3 aromatic rings. The average Bonchev–Trinajstić information content (AvgIpc) is 3.36. The van der Waals surface area contributed by atoms with Crippen LogP contribution in [0.3, 0.4) is 0 Å². The van der Waals surface area contributed by atoms with Crippen molar-refractivity contribution in [2.24, 2.45) is 0 Å². The maximum atomic E-state index is 5.89. The van der Waals surface area contributed by atoms with E-state index in [1.165, 1.54) is 17.0 Å². The van der Waals surface area contributed by atoms with E-state index in [9.17, 15) is 0 Å². The molecule has 2 fully saturated rings. The molecule has 0 spiro atoms. The molecule has 5 heterocycles. The minimum Gasteiger partial charge on any atom is -0.379 e. The van der Waals surface area contributed by atoms with Crippen molar-refractivity contribution in [3.05, 3.63) is 77.0 Å². The van der Waals surface area contributed by atoms with Gasteiger partial charge in [-0.05, 0) is 74.8 Å². The molecular formula is C27H34N6OS. The van der Waals surface area contributed by atoms with Crippen molar-refractivity contribution < 1.29 is 4.74 Å². The highest BCUT2D eigenvalue weighted by molar-refractivity contribution is 7.80. The Morgan fingerprint density at radius 3 is 2.60 bits per heavy atom. The molecule has 2 aliphatic heterocycles. The Hall–Kier alpha value is -2.81. The molecule has 5 rings (SSSR count). The largest absolute Gasteiger partial charge is 0.379 e. The van der Waals surface area contributed by atoms with E-state index in [2.05, 4.69) is 64.7 Å². The molecule has 7 nitrogen and oxygen atoms in total. The second-order valence-electron chi connectivity index (χ2n) is 9.48. The van der Waals surface area contributed by atoms with Crippen LogP contribution in [-0.4, -0.2) is 68.8 Å². The minimum atomic E-state index is -0.00739. The van der Waals surface area contributed by atoms with E-state index >= 15 is 0 Å². The van der Waals surface area contributed by atoms with Gasteiger partial charge in [0.1, 0.15) is 5.82 Å². The van der Waals surface area contributed by atoms with Gasteiger partial charge in [-0.2, -0.15) is 0 Å². The molecule has 2 saturated heterocycles. The summed E-state index contributed by atoms with van der Waals surface area (Å²) in [7, 11) is 0. The minimum absolute atomic E-state index is 0.00739. The standard InChI is InChI=1S/C27H34N6OS/c1-19-8-9-24(29-18-19)33-20(2)17-22(21(33)3)26-25(23-7-4-5-10-28-23)30-27(35)32(26)12-6-11-31-13-15-34-16-14-31/h4-5,7-10,17-18,25-26H,6,11-16H2,1-3H3,(H,30,35)/t25-,26-/m0/s1. The number of nitrogens with zero attached hydrogens (tertiary/aromatic N) is 5. The second-order valence-corrected chi connectivity index (χ2v) is 9.87. The van der Waals surface area contributed by atoms with Gasteiger partial charge in [0.05, 0.1) is 31.0 Å². The highest BCUT2D eigenvalue weighted by Gasteiger charge is 2.41. The number of thiocarbonyl (C=S) groups is 1. The van der Waals surface area contributed by atoms with E-state index in [1.54, 1.807) is 0 Å². The molecular weight excluding hydrogens is 456 g/mol. The number of ether oxygens (including phenoxy) is 1. The summed E-state index contributed by atoms with van der Waals surface area (Å²) in [6.45, 7) is 12.0. The molecule has 8 heteroatoms. The van der Waals surface area contributed by atoms with Crippen molar-refractivity contribution in [1.29, 1.82) is 0 Å². The van der Waals surface area contributed by atoms with Gasteiger partial charge in [-0.3, -0.25) is 9.88 Å². The summed E-state index contributed by atoms with van der Waals surface area (Å²) in [5, 5.41) is 4.39. The van der Waals surface area contributed by atoms with E-state index in [0.717, 1.165) is 68.0 Å². The Kier molecular flexibility index (Phi) is 7.13. The van der Waals surface area contributed by atoms with Gasteiger partial charge >= 0.3 is 0 Å². The molecule has 3 aromatic heterocycles. The number of hydrogen-bond acceptors (Lipinski definition) is 5. The predicted octanol–water partition coefficient (Wildman–Crippen LogP) is 3.89. The van der Waals surface area contributed by atoms with Crippen LogP contribution in [0.5, 0.6) is 0 Å². The summed E-state index contributed by atoms with van der Waals surface area (Å²) >= 11 is 5.89. The fraction of sp³-hybridized carbons (Fsp3) is 0.444. The van der Waals surface area contributed by atoms with Gasteiger partial charge in [0.25, 0.3) is 0 Å². The summed E-state index contributed by atoms with van der Waals surface area (Å²) < 4.78 is 7.75. The Bertz CT molecular complexity index is 1160. The van der Waals surface area contributed by atoms with Crippen molar-refractivity contribution >= 4 is 17.3 Å². The lowest BCUT2D eigenvalue weighted by Crippen LogP contribution is -2.39. The molecule has 0 bridgehead atoms. The number of hydrogen-bond donors (Lipinski definition) is 1. The molecule has 0 aromatic carbocycles. The van der Waals surface area contributed by atoms with Crippen LogP contribution < -0.4 is 5.32 Å². The summed E-state index contributed by atoms with van der Waals surface area (Å²) in [5.74, 6) is 0.943. The van der Waals surface area contributed by atoms with Gasteiger partial charge < -0.3 is 19.5 Å². The van der Waals surface area contributed by atoms with E-state index < -0.39 is 0 Å². The third-order valence-corrected chi connectivity index (χ3v) is 7.44. The average molecular weight is 491 g/mol. The lowest BCUT2D eigenvalue weighted by Gasteiger charge is -2.30. The third-order valence-electron chi connectivity index (χ3n) is 7.09. The monoisotopic (exact) mass is 490 g/mol. The van der Waals surface area contributed by atoms with E-state index in [1.807, 2.05) is 24.5 Å². The molecule has 0 amide bonds. The van der Waals surface area contributed by atoms with E-state index in [-0.39, 0.29) is 12.1 Å². The van der Waals surface area contributed by atoms with Crippen LogP contribution in [0.2, 0.25) is 0 Å². The number of rotatable bonds is 7. The number of morpholine rings is 1. The highest BCUT2D eigenvalue weighted by atomic mass is 32.1. The first-order valence-electron chi connectivity index (χ1n) is 12.4. The molecule has 1 N–H and O–H groups in total. The van der Waals surface area contributed by atoms with Crippen LogP contribution in [0, 0.1) is 20.8 Å². The third kappa shape index (κ3) is 4.96. The first-order chi connectivity index (χ1) is 17.0. The van der Waals surface area contributed by atoms with Crippen molar-refractivity contribution in [2.75, 3.05) is 39.4 Å². The van der Waals surface area contributed by atoms with Gasteiger partial charge in [0.15, 0.2) is 5.11 Å². The van der Waals surface area contributed by atoms with Gasteiger partial charge in [-0.15, -0.1) is 0 Å². The molecule has 0 saturated carbocycles. The lowest BCUT2D eigenvalue weighted by atomic mass is 9.96. The van der Waals surface area contributed by atoms with Gasteiger partial charge in [0, 0.05) is 50.0 Å². The van der Waals surface area contributed by atoms with E-state index in [4.69, 9.17) is 26.9 Å². The maximum absolute atomic E-state index is 5.89. The van der Waals surface area contributed by atoms with Crippen LogP contribution in [0.15, 0.2) is 48.8 Å². The first-order valence-corrected chi connectivity index (χ1v) is 12.8. The fourth-order valence-corrected chi connectivity index (χ4v) is 5.64. The number of aromatic nitrogens is 3. The Labute approximate surface area is 213 Å². The molecule has 184 valence electrons. The Balaban J connectivity index is 1.47. The highest BCUT2D eigenvalue weighted by Crippen LogP contribution is 2.41. The molecule has 0 radical (unpaired) electrons. The molecule has 35 heavy (non-hydrogen) atoms. The number of aryl methyl sites for hydroxylation is 2. The van der Waals surface area contributed by atoms with Crippen LogP contribution in [0.1, 0.15) is 46.7 Å². The maximum Gasteiger partial charge on any atom is 0.170 e. The van der Waals surface area contributed by atoms with Crippen molar-refractivity contribution in [2.45, 2.75) is 39.3 Å². The fourth-order valence-electron chi connectivity index (χ4n) is 5.31. The quantitative estimate of drug-likeness (QED) is 0.504. The van der Waals surface area contributed by atoms with Crippen LogP contribution in [0.25, 0.3) is 5.82 Å². The zero-order valence-electron chi connectivity index (χ0n) is 20.8. The van der Waals surface area contributed by atoms with Crippen LogP contribution in [-0.2, 0) is 4.74 Å². The topological polar surface area (TPSA) is 58.5 Å². The summed E-state index contributed by atoms with van der Waals surface area (Å²) in [5.41, 5.74) is 5.78. The van der Waals surface area contributed by atoms with Gasteiger partial charge in [-0.25, -0.2) is 4.98 Å². The summed E-state index contributed by atoms with van der Waals surface area (Å²) in [6, 6.07) is 12.6. The van der Waals surface area contributed by atoms with Crippen LogP contribution in [0.4, 0.5) is 0 Å². The molecule has 0 aliphatic carbocycles. The smallest absolute Gasteiger partial charge is 0.170 e. The van der Waals surface area contributed by atoms with Crippen molar-refractivity contribution in [3.63, 3.8) is 0 Å². The molecule has 2 aliphatic rings. The normalized spacial score (nSPS) is 20.9. The zero-order valence-corrected chi connectivity index (χ0v) is 21.6. The SMILES string of the molecule is Cc1ccc(-n2c(C)cc([C@H]3[C@H](c4ccccn4)NC(=S)N3CCCN3CCOCC3)c2C)nc1. The zero-order chi connectivity index (χ0) is 24.4. The van der Waals surface area contributed by atoms with Gasteiger partial charge in [0.2, 0.25) is 0 Å². The van der Waals surface area contributed by atoms with E-state index in [0.29, 0.717) is 0 Å². The molecule has 2 atom stereocenters. The first kappa shape index (κ1) is 23.9. The van der Waals surface area contributed by atoms with Crippen LogP contribution >= 0.6 is 12.2 Å². The second kappa shape index (κ2) is 10.4. The number of pyridine rings is 2. The number of nitrogens with one attached hydrogen (secondary N) is 1. The lowest BCUT2D eigenvalue weighted by molar-refractivity contribution is 0.0365. The van der Waals surface area contributed by atoms with Crippen molar-refractivity contribution in [3.8, 4) is 5.82 Å². The molecule has 0 unspecified atom stereocenters.